The first kappa shape index (κ1) is 14.6. The number of hydrogen-bond acceptors (Lipinski definition) is 6. The lowest BCUT2D eigenvalue weighted by Gasteiger charge is -2.19. The summed E-state index contributed by atoms with van der Waals surface area (Å²) in [6, 6.07) is 0. The average molecular weight is 286 g/mol. The van der Waals surface area contributed by atoms with E-state index in [9.17, 15) is 8.42 Å². The topological polar surface area (TPSA) is 73.9 Å². The van der Waals surface area contributed by atoms with Gasteiger partial charge in [-0.3, -0.25) is 0 Å². The summed E-state index contributed by atoms with van der Waals surface area (Å²) in [7, 11) is -3.64. The average Bonchev–Trinajstić information content (AvgIpc) is 2.29. The van der Waals surface area contributed by atoms with Gasteiger partial charge >= 0.3 is 0 Å². The van der Waals surface area contributed by atoms with Crippen LogP contribution in [0.5, 0.6) is 0 Å². The van der Waals surface area contributed by atoms with Crippen molar-refractivity contribution in [1.29, 1.82) is 0 Å². The van der Waals surface area contributed by atoms with Gasteiger partial charge in [0.05, 0.1) is 6.26 Å². The highest BCUT2D eigenvalue weighted by atomic mass is 35.5. The molecule has 0 aliphatic carbocycles. The maximum Gasteiger partial charge on any atom is 0.284 e. The van der Waals surface area contributed by atoms with Crippen LogP contribution in [0.1, 0.15) is 27.7 Å². The summed E-state index contributed by atoms with van der Waals surface area (Å²) < 4.78 is 37.0. The van der Waals surface area contributed by atoms with Crippen molar-refractivity contribution in [1.82, 2.24) is 5.48 Å². The third-order valence-electron chi connectivity index (χ3n) is 1.88. The Balaban J connectivity index is 2.90. The van der Waals surface area contributed by atoms with Gasteiger partial charge in [-0.1, -0.05) is 11.6 Å². The zero-order valence-corrected chi connectivity index (χ0v) is 11.9. The summed E-state index contributed by atoms with van der Waals surface area (Å²) in [6.45, 7) is 6.95. The van der Waals surface area contributed by atoms with Gasteiger partial charge in [0.25, 0.3) is 10.1 Å². The molecule has 1 aliphatic rings. The molecule has 1 N–H and O–H groups in total. The Morgan fingerprint density at radius 2 is 1.88 bits per heavy atom. The zero-order chi connectivity index (χ0) is 13.5. The van der Waals surface area contributed by atoms with Crippen molar-refractivity contribution in [3.05, 3.63) is 10.9 Å². The molecule has 0 radical (unpaired) electrons. The summed E-state index contributed by atoms with van der Waals surface area (Å²) >= 11 is 5.88. The van der Waals surface area contributed by atoms with Gasteiger partial charge in [0.1, 0.15) is 5.60 Å². The van der Waals surface area contributed by atoms with Crippen LogP contribution in [0.15, 0.2) is 10.9 Å². The maximum absolute atomic E-state index is 10.8. The van der Waals surface area contributed by atoms with Gasteiger partial charge in [0.2, 0.25) is 5.79 Å². The Morgan fingerprint density at radius 1 is 1.35 bits per heavy atom. The molecule has 0 aromatic rings. The molecule has 0 aromatic carbocycles. The predicted molar refractivity (Wildman–Crippen MR) is 62.3 cm³/mol. The van der Waals surface area contributed by atoms with E-state index in [1.807, 2.05) is 0 Å². The molecule has 1 saturated heterocycles. The molecule has 1 rings (SSSR count). The fraction of sp³-hybridized carbons (Fsp3) is 0.778. The highest BCUT2D eigenvalue weighted by Gasteiger charge is 2.45. The van der Waals surface area contributed by atoms with Crippen LogP contribution in [0.25, 0.3) is 0 Å². The Labute approximate surface area is 106 Å². The van der Waals surface area contributed by atoms with Gasteiger partial charge in [-0.2, -0.15) is 12.7 Å². The second-order valence-corrected chi connectivity index (χ2v) is 6.60. The molecular weight excluding hydrogens is 270 g/mol. The van der Waals surface area contributed by atoms with Crippen LogP contribution in [-0.2, 0) is 23.9 Å². The van der Waals surface area contributed by atoms with Gasteiger partial charge in [0, 0.05) is 13.8 Å². The van der Waals surface area contributed by atoms with Crippen LogP contribution in [0, 0.1) is 0 Å². The highest BCUT2D eigenvalue weighted by molar-refractivity contribution is 7.85. The first-order valence-corrected chi connectivity index (χ1v) is 7.06. The summed E-state index contributed by atoms with van der Waals surface area (Å²) in [5.41, 5.74) is 1.34. The smallest absolute Gasteiger partial charge is 0.284 e. The molecule has 0 saturated carbocycles. The number of nitrogens with one attached hydrogen (secondary N) is 1. The van der Waals surface area contributed by atoms with Crippen molar-refractivity contribution in [3.63, 3.8) is 0 Å². The minimum atomic E-state index is -3.64. The largest absolute Gasteiger partial charge is 0.461 e. The molecule has 0 atom stereocenters. The van der Waals surface area contributed by atoms with Crippen LogP contribution >= 0.6 is 11.6 Å². The van der Waals surface area contributed by atoms with Crippen LogP contribution < -0.4 is 5.48 Å². The van der Waals surface area contributed by atoms with E-state index < -0.39 is 21.5 Å². The van der Waals surface area contributed by atoms with E-state index in [-0.39, 0.29) is 10.9 Å². The third kappa shape index (κ3) is 4.02. The molecule has 100 valence electrons. The fourth-order valence-electron chi connectivity index (χ4n) is 1.52. The Bertz CT molecular complexity index is 440. The quantitative estimate of drug-likeness (QED) is 0.625. The molecule has 1 aliphatic heterocycles. The Hall–Kier alpha value is -0.500. The van der Waals surface area contributed by atoms with Crippen LogP contribution in [0.4, 0.5) is 0 Å². The first-order valence-electron chi connectivity index (χ1n) is 4.87. The van der Waals surface area contributed by atoms with E-state index in [0.29, 0.717) is 0 Å². The molecule has 0 amide bonds. The van der Waals surface area contributed by atoms with Gasteiger partial charge < -0.3 is 9.47 Å². The predicted octanol–water partition coefficient (Wildman–Crippen LogP) is 1.44. The van der Waals surface area contributed by atoms with Gasteiger partial charge in [-0.15, -0.1) is 0 Å². The van der Waals surface area contributed by atoms with Gasteiger partial charge in [0.15, 0.2) is 10.9 Å². The lowest BCUT2D eigenvalue weighted by molar-refractivity contribution is -0.151. The van der Waals surface area contributed by atoms with E-state index >= 15 is 0 Å². The van der Waals surface area contributed by atoms with Crippen molar-refractivity contribution >= 4 is 21.7 Å². The molecule has 17 heavy (non-hydrogen) atoms. The molecule has 0 aromatic heterocycles. The van der Waals surface area contributed by atoms with Crippen molar-refractivity contribution in [3.8, 4) is 0 Å². The second-order valence-electron chi connectivity index (χ2n) is 4.65. The molecule has 1 heterocycles. The van der Waals surface area contributed by atoms with Crippen LogP contribution in [0.2, 0.25) is 0 Å². The van der Waals surface area contributed by atoms with Crippen LogP contribution in [0.3, 0.4) is 0 Å². The highest BCUT2D eigenvalue weighted by Crippen LogP contribution is 2.40. The minimum absolute atomic E-state index is 0.0639. The SMILES string of the molecule is CC1(C)OC(=C(Cl)NOS(C)(=O)=O)C(C)(C)O1. The van der Waals surface area contributed by atoms with E-state index in [1.165, 1.54) is 0 Å². The zero-order valence-electron chi connectivity index (χ0n) is 10.3. The maximum atomic E-state index is 10.8. The second kappa shape index (κ2) is 4.31. The summed E-state index contributed by atoms with van der Waals surface area (Å²) in [5.74, 6) is -0.543. The van der Waals surface area contributed by atoms with Crippen molar-refractivity contribution < 1.29 is 22.2 Å². The molecule has 1 fully saturated rings. The van der Waals surface area contributed by atoms with E-state index in [0.717, 1.165) is 6.26 Å². The molecule has 6 nitrogen and oxygen atoms in total. The summed E-state index contributed by atoms with van der Waals surface area (Å²) in [6.07, 6.45) is 0.899. The van der Waals surface area contributed by atoms with E-state index in [2.05, 4.69) is 9.76 Å². The van der Waals surface area contributed by atoms with E-state index in [4.69, 9.17) is 21.1 Å². The summed E-state index contributed by atoms with van der Waals surface area (Å²) in [5, 5.41) is -0.0639. The Kier molecular flexibility index (Phi) is 3.69. The van der Waals surface area contributed by atoms with E-state index in [1.54, 1.807) is 27.7 Å². The first-order chi connectivity index (χ1) is 7.43. The third-order valence-corrected chi connectivity index (χ3v) is 2.51. The molecule has 0 spiro atoms. The monoisotopic (exact) mass is 285 g/mol. The molecular formula is C9H16ClNO5S. The fourth-order valence-corrected chi connectivity index (χ4v) is 2.10. The number of hydroxylamine groups is 1. The van der Waals surface area contributed by atoms with Crippen molar-refractivity contribution in [2.24, 2.45) is 0 Å². The number of rotatable bonds is 3. The minimum Gasteiger partial charge on any atom is -0.461 e. The van der Waals surface area contributed by atoms with Crippen LogP contribution in [-0.4, -0.2) is 26.1 Å². The standard InChI is InChI=1S/C9H16ClNO5S/c1-8(2)6(14-9(3,4)15-8)7(10)11-16-17(5,12)13/h11H,1-5H3. The van der Waals surface area contributed by atoms with Crippen molar-refractivity contribution in [2.45, 2.75) is 39.1 Å². The number of hydrogen-bond donors (Lipinski definition) is 1. The number of ether oxygens (including phenoxy) is 2. The lowest BCUT2D eigenvalue weighted by atomic mass is 10.1. The molecule has 8 heteroatoms. The van der Waals surface area contributed by atoms with Gasteiger partial charge in [-0.25, -0.2) is 5.48 Å². The normalized spacial score (nSPS) is 25.3. The lowest BCUT2D eigenvalue weighted by Crippen LogP contribution is -2.27. The van der Waals surface area contributed by atoms with Gasteiger partial charge in [-0.05, 0) is 13.8 Å². The summed E-state index contributed by atoms with van der Waals surface area (Å²) in [4.78, 5) is 0. The number of halogens is 1. The Morgan fingerprint density at radius 3 is 2.24 bits per heavy atom. The molecule has 0 bridgehead atoms. The molecule has 0 unspecified atom stereocenters. The van der Waals surface area contributed by atoms with Crippen molar-refractivity contribution in [2.75, 3.05) is 6.26 Å².